The van der Waals surface area contributed by atoms with Crippen LogP contribution in [0.2, 0.25) is 0 Å². The predicted molar refractivity (Wildman–Crippen MR) is 77.4 cm³/mol. The lowest BCUT2D eigenvalue weighted by Gasteiger charge is -2.14. The molecule has 0 aromatic heterocycles. The average Bonchev–Trinajstić information content (AvgIpc) is 2.54. The predicted octanol–water partition coefficient (Wildman–Crippen LogP) is 2.69. The summed E-state index contributed by atoms with van der Waals surface area (Å²) in [6.45, 7) is 0.504. The summed E-state index contributed by atoms with van der Waals surface area (Å²) in [6, 6.07) is 18.5. The Labute approximate surface area is 123 Å². The van der Waals surface area contributed by atoms with Crippen LogP contribution in [0.15, 0.2) is 60.7 Å². The molecule has 4 nitrogen and oxygen atoms in total. The van der Waals surface area contributed by atoms with Gasteiger partial charge in [-0.2, -0.15) is 0 Å². The fraction of sp³-hybridized carbons (Fsp3) is 0.176. The number of hydrogen-bond donors (Lipinski definition) is 0. The third-order valence-corrected chi connectivity index (χ3v) is 2.99. The highest BCUT2D eigenvalue weighted by Crippen LogP contribution is 2.18. The van der Waals surface area contributed by atoms with Crippen molar-refractivity contribution < 1.29 is 19.1 Å². The van der Waals surface area contributed by atoms with E-state index in [1.54, 1.807) is 24.3 Å². The second-order valence-electron chi connectivity index (χ2n) is 4.43. The Bertz CT molecular complexity index is 566. The van der Waals surface area contributed by atoms with E-state index in [4.69, 9.17) is 9.47 Å². The van der Waals surface area contributed by atoms with Gasteiger partial charge in [0.2, 0.25) is 6.10 Å². The number of esters is 1. The van der Waals surface area contributed by atoms with Crippen LogP contribution in [0.3, 0.4) is 0 Å². The minimum atomic E-state index is -1.01. The van der Waals surface area contributed by atoms with Crippen LogP contribution < -0.4 is 0 Å². The monoisotopic (exact) mass is 284 g/mol. The zero-order chi connectivity index (χ0) is 14.9. The smallest absolute Gasteiger partial charge is 0.352 e. The number of benzene rings is 2. The van der Waals surface area contributed by atoms with Gasteiger partial charge in [-0.25, -0.2) is 4.79 Å². The summed E-state index contributed by atoms with van der Waals surface area (Å²) >= 11 is 0. The molecule has 0 radical (unpaired) electrons. The summed E-state index contributed by atoms with van der Waals surface area (Å²) in [6.07, 6.45) is -0.394. The van der Waals surface area contributed by atoms with Crippen LogP contribution in [0.1, 0.15) is 17.2 Å². The van der Waals surface area contributed by atoms with E-state index in [9.17, 15) is 9.59 Å². The van der Waals surface area contributed by atoms with Gasteiger partial charge >= 0.3 is 5.97 Å². The molecule has 0 bridgehead atoms. The van der Waals surface area contributed by atoms with Crippen molar-refractivity contribution in [2.45, 2.75) is 12.5 Å². The molecule has 2 aromatic rings. The largest absolute Gasteiger partial charge is 0.462 e. The second-order valence-corrected chi connectivity index (χ2v) is 4.43. The van der Waals surface area contributed by atoms with Gasteiger partial charge < -0.3 is 9.47 Å². The molecule has 2 aromatic carbocycles. The molecule has 1 unspecified atom stereocenters. The molecule has 0 heterocycles. The lowest BCUT2D eigenvalue weighted by molar-refractivity contribution is -0.162. The molecule has 0 amide bonds. The fourth-order valence-electron chi connectivity index (χ4n) is 1.94. The summed E-state index contributed by atoms with van der Waals surface area (Å²) < 4.78 is 10.0. The molecule has 0 spiro atoms. The van der Waals surface area contributed by atoms with Gasteiger partial charge in [0.25, 0.3) is 6.47 Å². The van der Waals surface area contributed by atoms with Crippen molar-refractivity contribution >= 4 is 12.4 Å². The molecule has 0 aliphatic carbocycles. The SMILES string of the molecule is O=COC(C(=O)OCCc1ccccc1)c1ccccc1. The normalized spacial score (nSPS) is 11.4. The van der Waals surface area contributed by atoms with E-state index in [1.807, 2.05) is 36.4 Å². The first kappa shape index (κ1) is 14.8. The van der Waals surface area contributed by atoms with Crippen molar-refractivity contribution in [1.82, 2.24) is 0 Å². The van der Waals surface area contributed by atoms with Gasteiger partial charge in [-0.1, -0.05) is 60.7 Å². The topological polar surface area (TPSA) is 52.6 Å². The zero-order valence-corrected chi connectivity index (χ0v) is 11.5. The first-order chi connectivity index (χ1) is 10.3. The maximum absolute atomic E-state index is 12.0. The number of rotatable bonds is 7. The standard InChI is InChI=1S/C17H16O4/c18-13-21-16(15-9-5-2-6-10-15)17(19)20-12-11-14-7-3-1-4-8-14/h1-10,13,16H,11-12H2. The van der Waals surface area contributed by atoms with Gasteiger partial charge in [0, 0.05) is 12.0 Å². The van der Waals surface area contributed by atoms with E-state index < -0.39 is 12.1 Å². The van der Waals surface area contributed by atoms with Crippen LogP contribution in [0, 0.1) is 0 Å². The van der Waals surface area contributed by atoms with Crippen LogP contribution >= 0.6 is 0 Å². The van der Waals surface area contributed by atoms with Gasteiger partial charge in [-0.05, 0) is 5.56 Å². The molecule has 0 fully saturated rings. The highest BCUT2D eigenvalue weighted by Gasteiger charge is 2.23. The fourth-order valence-corrected chi connectivity index (χ4v) is 1.94. The summed E-state index contributed by atoms with van der Waals surface area (Å²) in [5.41, 5.74) is 1.67. The van der Waals surface area contributed by atoms with E-state index in [2.05, 4.69) is 0 Å². The lowest BCUT2D eigenvalue weighted by Crippen LogP contribution is -2.19. The van der Waals surface area contributed by atoms with Crippen molar-refractivity contribution in [3.05, 3.63) is 71.8 Å². The number of hydrogen-bond acceptors (Lipinski definition) is 4. The first-order valence-corrected chi connectivity index (χ1v) is 6.66. The first-order valence-electron chi connectivity index (χ1n) is 6.66. The van der Waals surface area contributed by atoms with Crippen molar-refractivity contribution in [3.63, 3.8) is 0 Å². The molecule has 21 heavy (non-hydrogen) atoms. The van der Waals surface area contributed by atoms with Crippen molar-refractivity contribution in [1.29, 1.82) is 0 Å². The molecule has 0 saturated heterocycles. The van der Waals surface area contributed by atoms with E-state index in [1.165, 1.54) is 0 Å². The minimum absolute atomic E-state index is 0.244. The van der Waals surface area contributed by atoms with E-state index in [0.717, 1.165) is 5.56 Å². The van der Waals surface area contributed by atoms with Gasteiger partial charge in [0.15, 0.2) is 0 Å². The van der Waals surface area contributed by atoms with Crippen molar-refractivity contribution in [3.8, 4) is 0 Å². The van der Waals surface area contributed by atoms with Crippen LogP contribution in [0.25, 0.3) is 0 Å². The zero-order valence-electron chi connectivity index (χ0n) is 11.5. The Morgan fingerprint density at radius 3 is 2.24 bits per heavy atom. The third-order valence-electron chi connectivity index (χ3n) is 2.99. The molecule has 108 valence electrons. The lowest BCUT2D eigenvalue weighted by atomic mass is 10.1. The van der Waals surface area contributed by atoms with Gasteiger partial charge in [-0.15, -0.1) is 0 Å². The van der Waals surface area contributed by atoms with E-state index in [0.29, 0.717) is 12.0 Å². The van der Waals surface area contributed by atoms with Crippen molar-refractivity contribution in [2.24, 2.45) is 0 Å². The summed E-state index contributed by atoms with van der Waals surface area (Å²) in [5.74, 6) is -0.566. The second kappa shape index (κ2) is 7.85. The molecule has 1 atom stereocenters. The van der Waals surface area contributed by atoms with Crippen LogP contribution in [0.4, 0.5) is 0 Å². The molecule has 2 rings (SSSR count). The minimum Gasteiger partial charge on any atom is -0.462 e. The molecular formula is C17H16O4. The van der Waals surface area contributed by atoms with Gasteiger partial charge in [0.1, 0.15) is 0 Å². The van der Waals surface area contributed by atoms with Gasteiger partial charge in [0.05, 0.1) is 6.61 Å². The van der Waals surface area contributed by atoms with E-state index in [-0.39, 0.29) is 13.1 Å². The average molecular weight is 284 g/mol. The Hall–Kier alpha value is -2.62. The molecule has 0 N–H and O–H groups in total. The molecule has 0 aliphatic rings. The quantitative estimate of drug-likeness (QED) is 0.579. The van der Waals surface area contributed by atoms with Crippen LogP contribution in [0.5, 0.6) is 0 Å². The maximum atomic E-state index is 12.0. The molecule has 4 heteroatoms. The molecular weight excluding hydrogens is 268 g/mol. The number of ether oxygens (including phenoxy) is 2. The molecule has 0 aliphatic heterocycles. The van der Waals surface area contributed by atoms with Crippen molar-refractivity contribution in [2.75, 3.05) is 6.61 Å². The summed E-state index contributed by atoms with van der Waals surface area (Å²) in [7, 11) is 0. The van der Waals surface area contributed by atoms with Crippen LogP contribution in [-0.2, 0) is 25.5 Å². The third kappa shape index (κ3) is 4.45. The Morgan fingerprint density at radius 1 is 1.00 bits per heavy atom. The highest BCUT2D eigenvalue weighted by atomic mass is 16.6. The van der Waals surface area contributed by atoms with E-state index >= 15 is 0 Å². The maximum Gasteiger partial charge on any atom is 0.352 e. The Kier molecular flexibility index (Phi) is 5.52. The highest BCUT2D eigenvalue weighted by molar-refractivity contribution is 5.77. The number of carbonyl (C=O) groups excluding carboxylic acids is 2. The number of carbonyl (C=O) groups is 2. The summed E-state index contributed by atoms with van der Waals surface area (Å²) in [4.78, 5) is 22.6. The van der Waals surface area contributed by atoms with Gasteiger partial charge in [-0.3, -0.25) is 4.79 Å². The molecule has 0 saturated carbocycles. The summed E-state index contributed by atoms with van der Waals surface area (Å²) in [5, 5.41) is 0. The Balaban J connectivity index is 1.92. The Morgan fingerprint density at radius 2 is 1.62 bits per heavy atom. The van der Waals surface area contributed by atoms with Crippen LogP contribution in [-0.4, -0.2) is 19.0 Å².